The molecule has 1 saturated heterocycles. The monoisotopic (exact) mass is 402 g/mol. The number of hydrogen-bond donors (Lipinski definition) is 0. The van der Waals surface area contributed by atoms with Crippen LogP contribution < -0.4 is 9.47 Å². The molecule has 0 N–H and O–H groups in total. The summed E-state index contributed by atoms with van der Waals surface area (Å²) in [5.74, 6) is 0.157. The van der Waals surface area contributed by atoms with Crippen molar-refractivity contribution < 1.29 is 31.1 Å². The summed E-state index contributed by atoms with van der Waals surface area (Å²) in [6.45, 7) is 0.516. The Morgan fingerprint density at radius 1 is 1.04 bits per heavy atom. The molecule has 0 aliphatic carbocycles. The number of piperidine rings is 1. The average Bonchev–Trinajstić information content (AvgIpc) is 2.62. The van der Waals surface area contributed by atoms with Gasteiger partial charge in [-0.1, -0.05) is 0 Å². The normalized spacial score (nSPS) is 16.9. The number of nitrogens with zero attached hydrogens (tertiary/aromatic N) is 2. The molecule has 0 amide bonds. The Labute approximate surface area is 154 Å². The third-order valence-corrected chi connectivity index (χ3v) is 5.95. The number of sulfonamides is 1. The summed E-state index contributed by atoms with van der Waals surface area (Å²) in [6.07, 6.45) is -0.715. The van der Waals surface area contributed by atoms with Crippen LogP contribution in [-0.4, -0.2) is 43.3 Å². The second kappa shape index (κ2) is 7.73. The van der Waals surface area contributed by atoms with Crippen molar-refractivity contribution in [1.82, 2.24) is 9.29 Å². The Morgan fingerprint density at radius 2 is 1.70 bits per heavy atom. The quantitative estimate of drug-likeness (QED) is 0.768. The summed E-state index contributed by atoms with van der Waals surface area (Å²) in [6, 6.07) is 7.71. The van der Waals surface area contributed by atoms with Crippen LogP contribution >= 0.6 is 0 Å². The molecular formula is C17H17F3N2O4S. The van der Waals surface area contributed by atoms with Gasteiger partial charge in [-0.15, -0.1) is 13.2 Å². The Kier molecular flexibility index (Phi) is 5.56. The zero-order valence-electron chi connectivity index (χ0n) is 14.1. The van der Waals surface area contributed by atoms with E-state index in [0.717, 1.165) is 24.3 Å². The van der Waals surface area contributed by atoms with Crippen molar-refractivity contribution in [1.29, 1.82) is 0 Å². The van der Waals surface area contributed by atoms with Gasteiger partial charge in [-0.2, -0.15) is 4.31 Å². The summed E-state index contributed by atoms with van der Waals surface area (Å²) in [7, 11) is -3.79. The van der Waals surface area contributed by atoms with Crippen molar-refractivity contribution in [2.75, 3.05) is 13.1 Å². The molecule has 6 nitrogen and oxygen atoms in total. The highest BCUT2D eigenvalue weighted by Gasteiger charge is 2.32. The molecule has 27 heavy (non-hydrogen) atoms. The van der Waals surface area contributed by atoms with E-state index < -0.39 is 22.1 Å². The topological polar surface area (TPSA) is 68.7 Å². The fourth-order valence-electron chi connectivity index (χ4n) is 2.76. The van der Waals surface area contributed by atoms with Crippen molar-refractivity contribution in [3.05, 3.63) is 48.8 Å². The molecule has 0 unspecified atom stereocenters. The first-order valence-electron chi connectivity index (χ1n) is 8.17. The van der Waals surface area contributed by atoms with Crippen molar-refractivity contribution in [3.8, 4) is 11.5 Å². The minimum atomic E-state index is -4.82. The van der Waals surface area contributed by atoms with Gasteiger partial charge in [-0.25, -0.2) is 8.42 Å². The van der Waals surface area contributed by atoms with Gasteiger partial charge in [0.15, 0.2) is 0 Å². The molecule has 2 heterocycles. The van der Waals surface area contributed by atoms with Crippen LogP contribution in [0.15, 0.2) is 53.7 Å². The molecule has 10 heteroatoms. The maximum atomic E-state index is 12.7. The van der Waals surface area contributed by atoms with Gasteiger partial charge in [0.1, 0.15) is 17.6 Å². The Balaban J connectivity index is 1.61. The van der Waals surface area contributed by atoms with Gasteiger partial charge in [0.2, 0.25) is 10.0 Å². The highest BCUT2D eigenvalue weighted by Crippen LogP contribution is 2.27. The van der Waals surface area contributed by atoms with Gasteiger partial charge >= 0.3 is 6.36 Å². The maximum Gasteiger partial charge on any atom is 0.573 e. The number of rotatable bonds is 5. The van der Waals surface area contributed by atoms with Crippen LogP contribution in [0.2, 0.25) is 0 Å². The predicted molar refractivity (Wildman–Crippen MR) is 89.8 cm³/mol. The number of ether oxygens (including phenoxy) is 2. The minimum Gasteiger partial charge on any atom is -0.489 e. The predicted octanol–water partition coefficient (Wildman–Crippen LogP) is 3.21. The van der Waals surface area contributed by atoms with Gasteiger partial charge < -0.3 is 9.47 Å². The molecule has 0 radical (unpaired) electrons. The zero-order chi connectivity index (χ0) is 19.5. The van der Waals surface area contributed by atoms with E-state index >= 15 is 0 Å². The van der Waals surface area contributed by atoms with E-state index in [2.05, 4.69) is 9.72 Å². The molecule has 1 aromatic heterocycles. The van der Waals surface area contributed by atoms with E-state index in [1.807, 2.05) is 0 Å². The molecule has 1 aliphatic rings. The molecule has 3 rings (SSSR count). The Bertz CT molecular complexity index is 850. The first-order chi connectivity index (χ1) is 12.7. The lowest BCUT2D eigenvalue weighted by Crippen LogP contribution is -2.41. The first kappa shape index (κ1) is 19.4. The van der Waals surface area contributed by atoms with Crippen LogP contribution in [0.25, 0.3) is 0 Å². The molecule has 0 spiro atoms. The van der Waals surface area contributed by atoms with Gasteiger partial charge in [0.05, 0.1) is 11.1 Å². The molecule has 0 atom stereocenters. The van der Waals surface area contributed by atoms with E-state index in [9.17, 15) is 21.6 Å². The number of alkyl halides is 3. The fourth-order valence-corrected chi connectivity index (χ4v) is 4.23. The number of hydrogen-bond acceptors (Lipinski definition) is 5. The summed E-state index contributed by atoms with van der Waals surface area (Å²) in [5, 5.41) is 0. The molecule has 0 bridgehead atoms. The SMILES string of the molecule is O=S(=O)(c1ccc(OC(F)(F)F)cc1)N1CCC(Oc2cccnc2)CC1. The standard InChI is InChI=1S/C17H17F3N2O4S/c18-17(19,20)26-14-3-5-16(6-4-14)27(23,24)22-10-7-13(8-11-22)25-15-2-1-9-21-12-15/h1-6,9,12-13H,7-8,10-11H2. The minimum absolute atomic E-state index is 0.0800. The van der Waals surface area contributed by atoms with Gasteiger partial charge in [-0.3, -0.25) is 4.98 Å². The third-order valence-electron chi connectivity index (χ3n) is 4.03. The molecule has 0 saturated carbocycles. The van der Waals surface area contributed by atoms with E-state index in [4.69, 9.17) is 4.74 Å². The average molecular weight is 402 g/mol. The second-order valence-corrected chi connectivity index (χ2v) is 7.87. The Hall–Kier alpha value is -2.33. The van der Waals surface area contributed by atoms with Crippen molar-refractivity contribution in [2.24, 2.45) is 0 Å². The fraction of sp³-hybridized carbons (Fsp3) is 0.353. The molecule has 1 aromatic carbocycles. The van der Waals surface area contributed by atoms with Crippen LogP contribution in [0.1, 0.15) is 12.8 Å². The van der Waals surface area contributed by atoms with E-state index in [-0.39, 0.29) is 24.1 Å². The van der Waals surface area contributed by atoms with Crippen molar-refractivity contribution >= 4 is 10.0 Å². The summed E-state index contributed by atoms with van der Waals surface area (Å²) < 4.78 is 72.7. The van der Waals surface area contributed by atoms with E-state index in [1.165, 1.54) is 4.31 Å². The lowest BCUT2D eigenvalue weighted by Gasteiger charge is -2.31. The van der Waals surface area contributed by atoms with Gasteiger partial charge in [-0.05, 0) is 49.2 Å². The first-order valence-corrected chi connectivity index (χ1v) is 9.61. The van der Waals surface area contributed by atoms with Gasteiger partial charge in [0, 0.05) is 19.3 Å². The summed E-state index contributed by atoms with van der Waals surface area (Å²) >= 11 is 0. The van der Waals surface area contributed by atoms with Crippen LogP contribution in [0.5, 0.6) is 11.5 Å². The van der Waals surface area contributed by atoms with Gasteiger partial charge in [0.25, 0.3) is 0 Å². The highest BCUT2D eigenvalue weighted by molar-refractivity contribution is 7.89. The second-order valence-electron chi connectivity index (χ2n) is 5.93. The van der Waals surface area contributed by atoms with Crippen molar-refractivity contribution in [2.45, 2.75) is 30.2 Å². The summed E-state index contributed by atoms with van der Waals surface area (Å²) in [5.41, 5.74) is 0. The molecule has 146 valence electrons. The Morgan fingerprint density at radius 3 is 2.26 bits per heavy atom. The van der Waals surface area contributed by atoms with Crippen LogP contribution in [0.4, 0.5) is 13.2 Å². The molecule has 2 aromatic rings. The van der Waals surface area contributed by atoms with E-state index in [0.29, 0.717) is 18.6 Å². The number of halogens is 3. The third kappa shape index (κ3) is 5.10. The lowest BCUT2D eigenvalue weighted by atomic mass is 10.1. The smallest absolute Gasteiger partial charge is 0.489 e. The number of benzene rings is 1. The molecular weight excluding hydrogens is 385 g/mol. The van der Waals surface area contributed by atoms with Crippen molar-refractivity contribution in [3.63, 3.8) is 0 Å². The molecule has 1 fully saturated rings. The summed E-state index contributed by atoms with van der Waals surface area (Å²) in [4.78, 5) is 3.88. The molecule has 1 aliphatic heterocycles. The highest BCUT2D eigenvalue weighted by atomic mass is 32.2. The number of pyridine rings is 1. The number of aromatic nitrogens is 1. The zero-order valence-corrected chi connectivity index (χ0v) is 14.9. The van der Waals surface area contributed by atoms with Crippen LogP contribution in [0.3, 0.4) is 0 Å². The largest absolute Gasteiger partial charge is 0.573 e. The lowest BCUT2D eigenvalue weighted by molar-refractivity contribution is -0.274. The van der Waals surface area contributed by atoms with E-state index in [1.54, 1.807) is 24.5 Å². The van der Waals surface area contributed by atoms with Crippen LogP contribution in [0, 0.1) is 0 Å². The maximum absolute atomic E-state index is 12.7. The van der Waals surface area contributed by atoms with Crippen LogP contribution in [-0.2, 0) is 10.0 Å².